The van der Waals surface area contributed by atoms with Gasteiger partial charge in [-0.15, -0.1) is 13.2 Å². The number of aromatic nitrogens is 3. The zero-order valence-corrected chi connectivity index (χ0v) is 21.7. The van der Waals surface area contributed by atoms with E-state index in [9.17, 15) is 18.0 Å². The molecule has 0 aliphatic carbocycles. The van der Waals surface area contributed by atoms with Crippen LogP contribution in [0.2, 0.25) is 5.02 Å². The summed E-state index contributed by atoms with van der Waals surface area (Å²) in [6.07, 6.45) is -3.34. The number of benzene rings is 2. The molecule has 4 rings (SSSR count). The highest BCUT2D eigenvalue weighted by Crippen LogP contribution is 2.38. The molecule has 15 heteroatoms. The zero-order chi connectivity index (χ0) is 26.7. The maximum atomic E-state index is 12.9. The van der Waals surface area contributed by atoms with Crippen LogP contribution >= 0.6 is 35.6 Å². The Morgan fingerprint density at radius 1 is 1.27 bits per heavy atom. The van der Waals surface area contributed by atoms with Gasteiger partial charge in [-0.05, 0) is 42.9 Å². The molecule has 194 valence electrons. The monoisotopic (exact) mass is 569 g/mol. The smallest absolute Gasteiger partial charge is 0.404 e. The van der Waals surface area contributed by atoms with E-state index in [2.05, 4.69) is 30.7 Å². The van der Waals surface area contributed by atoms with Gasteiger partial charge in [-0.2, -0.15) is 10.1 Å². The van der Waals surface area contributed by atoms with Gasteiger partial charge in [-0.3, -0.25) is 19.8 Å². The van der Waals surface area contributed by atoms with Crippen LogP contribution in [0.5, 0.6) is 5.75 Å². The van der Waals surface area contributed by atoms with Crippen LogP contribution in [-0.4, -0.2) is 43.1 Å². The fraction of sp³-hybridized carbons (Fsp3) is 0.227. The van der Waals surface area contributed by atoms with Crippen molar-refractivity contribution in [2.24, 2.45) is 12.0 Å². The summed E-state index contributed by atoms with van der Waals surface area (Å²) in [6, 6.07) is 10.9. The Balaban J connectivity index is 1.45. The standard InChI is InChI=1S/C22H19ClF3N7O2S2/c1-12(13-3-5-14(6-4-13)19-27-11-32(2)31-19)29-30-20(36)28-21-33(18(34)10-37-21)16-9-15(23)7-8-17(16)35-22(24,25)26/h3-9,11-12,29H,10H2,1-2H3,(H,30,36)/b28-21-. The van der Waals surface area contributed by atoms with E-state index in [0.717, 1.165) is 33.9 Å². The van der Waals surface area contributed by atoms with E-state index in [1.165, 1.54) is 12.1 Å². The summed E-state index contributed by atoms with van der Waals surface area (Å²) in [7, 11) is 1.79. The molecule has 1 fully saturated rings. The highest BCUT2D eigenvalue weighted by molar-refractivity contribution is 8.15. The molecule has 2 aromatic carbocycles. The third-order valence-electron chi connectivity index (χ3n) is 5.01. The molecule has 1 aliphatic heterocycles. The number of aryl methyl sites for hydroxylation is 1. The van der Waals surface area contributed by atoms with Crippen LogP contribution in [0.4, 0.5) is 18.9 Å². The molecule has 1 aliphatic rings. The fourth-order valence-electron chi connectivity index (χ4n) is 3.32. The van der Waals surface area contributed by atoms with E-state index in [4.69, 9.17) is 23.8 Å². The number of anilines is 1. The second kappa shape index (κ2) is 11.0. The van der Waals surface area contributed by atoms with Gasteiger partial charge in [-0.25, -0.2) is 10.4 Å². The minimum absolute atomic E-state index is 0.0244. The predicted octanol–water partition coefficient (Wildman–Crippen LogP) is 4.61. The number of carbonyl (C=O) groups is 1. The Kier molecular flexibility index (Phi) is 8.02. The molecule has 2 N–H and O–H groups in total. The van der Waals surface area contributed by atoms with Crippen molar-refractivity contribution >= 4 is 57.5 Å². The van der Waals surface area contributed by atoms with Gasteiger partial charge in [0.15, 0.2) is 16.7 Å². The van der Waals surface area contributed by atoms with Crippen molar-refractivity contribution in [1.29, 1.82) is 0 Å². The summed E-state index contributed by atoms with van der Waals surface area (Å²) in [5.41, 5.74) is 7.41. The maximum Gasteiger partial charge on any atom is 0.573 e. The van der Waals surface area contributed by atoms with Gasteiger partial charge in [-0.1, -0.05) is 47.6 Å². The highest BCUT2D eigenvalue weighted by Gasteiger charge is 2.37. The van der Waals surface area contributed by atoms with Gasteiger partial charge >= 0.3 is 6.36 Å². The average molecular weight is 570 g/mol. The summed E-state index contributed by atoms with van der Waals surface area (Å²) >= 11 is 12.3. The number of thiocarbonyl (C=S) groups is 1. The molecular formula is C22H19ClF3N7O2S2. The largest absolute Gasteiger partial charge is 0.573 e. The topological polar surface area (TPSA) is 96.7 Å². The molecule has 3 aromatic rings. The van der Waals surface area contributed by atoms with E-state index in [1.54, 1.807) is 18.1 Å². The van der Waals surface area contributed by atoms with E-state index in [0.29, 0.717) is 5.82 Å². The second-order valence-corrected chi connectivity index (χ2v) is 9.50. The molecule has 1 unspecified atom stereocenters. The van der Waals surface area contributed by atoms with Crippen molar-refractivity contribution in [1.82, 2.24) is 25.6 Å². The first-order valence-corrected chi connectivity index (χ1v) is 12.4. The Morgan fingerprint density at radius 2 is 2.00 bits per heavy atom. The fourth-order valence-corrected chi connectivity index (χ4v) is 4.55. The number of rotatable bonds is 6. The quantitative estimate of drug-likeness (QED) is 0.328. The number of halogens is 4. The van der Waals surface area contributed by atoms with Crippen LogP contribution < -0.4 is 20.5 Å². The maximum absolute atomic E-state index is 12.9. The number of nitrogens with zero attached hydrogens (tertiary/aromatic N) is 5. The van der Waals surface area contributed by atoms with Crippen LogP contribution in [0.25, 0.3) is 11.4 Å². The summed E-state index contributed by atoms with van der Waals surface area (Å²) in [4.78, 5) is 22.0. The van der Waals surface area contributed by atoms with E-state index < -0.39 is 18.0 Å². The summed E-state index contributed by atoms with van der Waals surface area (Å²) in [5.74, 6) is -0.512. The molecule has 1 amide bonds. The molecule has 1 saturated heterocycles. The first-order valence-electron chi connectivity index (χ1n) is 10.6. The summed E-state index contributed by atoms with van der Waals surface area (Å²) < 4.78 is 44.4. The van der Waals surface area contributed by atoms with Crippen molar-refractivity contribution in [3.63, 3.8) is 0 Å². The summed E-state index contributed by atoms with van der Waals surface area (Å²) in [5, 5.41) is 4.45. The van der Waals surface area contributed by atoms with Gasteiger partial charge in [0.05, 0.1) is 11.4 Å². The molecule has 2 heterocycles. The SMILES string of the molecule is CC(NNC(=S)/N=C1\SCC(=O)N1c1cc(Cl)ccc1OC(F)(F)F)c1ccc(-c2ncn(C)n2)cc1. The van der Waals surface area contributed by atoms with Gasteiger partial charge in [0, 0.05) is 23.7 Å². The normalized spacial score (nSPS) is 15.8. The van der Waals surface area contributed by atoms with Crippen molar-refractivity contribution < 1.29 is 22.7 Å². The Morgan fingerprint density at radius 3 is 2.65 bits per heavy atom. The Bertz CT molecular complexity index is 1350. The second-order valence-electron chi connectivity index (χ2n) is 7.73. The van der Waals surface area contributed by atoms with Crippen molar-refractivity contribution in [2.45, 2.75) is 19.3 Å². The minimum Gasteiger partial charge on any atom is -0.404 e. The third kappa shape index (κ3) is 6.77. The molecule has 1 aromatic heterocycles. The van der Waals surface area contributed by atoms with Crippen LogP contribution in [0, 0.1) is 0 Å². The van der Waals surface area contributed by atoms with Crippen molar-refractivity contribution in [2.75, 3.05) is 10.7 Å². The average Bonchev–Trinajstić information content (AvgIpc) is 3.43. The number of aliphatic imine (C=N–C) groups is 1. The van der Waals surface area contributed by atoms with Gasteiger partial charge in [0.1, 0.15) is 6.33 Å². The lowest BCUT2D eigenvalue weighted by molar-refractivity contribution is -0.274. The molecule has 1 atom stereocenters. The van der Waals surface area contributed by atoms with E-state index in [1.807, 2.05) is 31.2 Å². The van der Waals surface area contributed by atoms with Crippen molar-refractivity contribution in [3.05, 3.63) is 59.4 Å². The number of hydrogen-bond donors (Lipinski definition) is 2. The summed E-state index contributed by atoms with van der Waals surface area (Å²) in [6.45, 7) is 1.89. The zero-order valence-electron chi connectivity index (χ0n) is 19.3. The first kappa shape index (κ1) is 26.9. The van der Waals surface area contributed by atoms with Gasteiger partial charge in [0.2, 0.25) is 11.0 Å². The van der Waals surface area contributed by atoms with E-state index in [-0.39, 0.29) is 32.8 Å². The predicted molar refractivity (Wildman–Crippen MR) is 139 cm³/mol. The van der Waals surface area contributed by atoms with Crippen LogP contribution in [0.1, 0.15) is 18.5 Å². The number of amides is 1. The number of nitrogens with one attached hydrogen (secondary N) is 2. The molecule has 0 spiro atoms. The van der Waals surface area contributed by atoms with Crippen LogP contribution in [0.15, 0.2) is 53.8 Å². The van der Waals surface area contributed by atoms with Crippen molar-refractivity contribution in [3.8, 4) is 17.1 Å². The first-order chi connectivity index (χ1) is 17.5. The molecule has 37 heavy (non-hydrogen) atoms. The molecule has 0 saturated carbocycles. The number of hydrazine groups is 1. The van der Waals surface area contributed by atoms with Crippen LogP contribution in [-0.2, 0) is 11.8 Å². The number of hydrogen-bond acceptors (Lipinski definition) is 7. The third-order valence-corrected chi connectivity index (χ3v) is 6.37. The molecular weight excluding hydrogens is 551 g/mol. The Labute approximate surface area is 224 Å². The number of alkyl halides is 3. The number of amidine groups is 1. The Hall–Kier alpha value is -3.20. The van der Waals surface area contributed by atoms with Crippen LogP contribution in [0.3, 0.4) is 0 Å². The lowest BCUT2D eigenvalue weighted by atomic mass is 10.1. The minimum atomic E-state index is -4.96. The lowest BCUT2D eigenvalue weighted by Crippen LogP contribution is -2.38. The number of carbonyl (C=O) groups excluding carboxylic acids is 1. The molecule has 0 radical (unpaired) electrons. The lowest BCUT2D eigenvalue weighted by Gasteiger charge is -2.21. The molecule has 0 bridgehead atoms. The number of thioether (sulfide) groups is 1. The van der Waals surface area contributed by atoms with Gasteiger partial charge in [0.25, 0.3) is 0 Å². The van der Waals surface area contributed by atoms with E-state index >= 15 is 0 Å². The number of ether oxygens (including phenoxy) is 1. The highest BCUT2D eigenvalue weighted by atomic mass is 35.5. The van der Waals surface area contributed by atoms with Gasteiger partial charge < -0.3 is 4.74 Å². The molecule has 9 nitrogen and oxygen atoms in total.